The minimum absolute atomic E-state index is 0.281. The van der Waals surface area contributed by atoms with Gasteiger partial charge in [0.1, 0.15) is 5.01 Å². The van der Waals surface area contributed by atoms with Crippen LogP contribution in [0.1, 0.15) is 16.6 Å². The van der Waals surface area contributed by atoms with Crippen molar-refractivity contribution in [3.63, 3.8) is 0 Å². The predicted octanol–water partition coefficient (Wildman–Crippen LogP) is 2.23. The second kappa shape index (κ2) is 5.09. The maximum absolute atomic E-state index is 5.66. The van der Waals surface area contributed by atoms with Crippen molar-refractivity contribution >= 4 is 17.0 Å². The van der Waals surface area contributed by atoms with Gasteiger partial charge in [-0.25, -0.2) is 4.98 Å². The van der Waals surface area contributed by atoms with Gasteiger partial charge in [0.05, 0.1) is 6.04 Å². The Bertz CT molecular complexity index is 422. The number of nitrogens with two attached hydrogens (primary N) is 1. The first-order valence-electron chi connectivity index (χ1n) is 5.20. The summed E-state index contributed by atoms with van der Waals surface area (Å²) in [5.74, 6) is 0. The van der Waals surface area contributed by atoms with E-state index in [1.165, 1.54) is 5.56 Å². The van der Waals surface area contributed by atoms with Crippen LogP contribution < -0.4 is 11.1 Å². The maximum Gasteiger partial charge on any atom is 0.110 e. The Morgan fingerprint density at radius 2 is 2.12 bits per heavy atom. The minimum atomic E-state index is 0.281. The molecule has 2 aromatic rings. The number of nitrogen functional groups attached to an aromatic ring is 1. The highest BCUT2D eigenvalue weighted by Gasteiger charge is 2.12. The summed E-state index contributed by atoms with van der Waals surface area (Å²) in [6.07, 6.45) is 2.78. The summed E-state index contributed by atoms with van der Waals surface area (Å²) in [6, 6.07) is 8.28. The fourth-order valence-electron chi connectivity index (χ4n) is 1.61. The van der Waals surface area contributed by atoms with Gasteiger partial charge in [0.2, 0.25) is 0 Å². The lowest BCUT2D eigenvalue weighted by atomic mass is 10.1. The Labute approximate surface area is 99.3 Å². The first kappa shape index (κ1) is 11.1. The van der Waals surface area contributed by atoms with Gasteiger partial charge in [-0.1, -0.05) is 12.1 Å². The molecule has 3 N–H and O–H groups in total. The van der Waals surface area contributed by atoms with E-state index in [0.29, 0.717) is 0 Å². The first-order chi connectivity index (χ1) is 7.79. The van der Waals surface area contributed by atoms with Gasteiger partial charge in [-0.2, -0.15) is 0 Å². The van der Waals surface area contributed by atoms with Crippen molar-refractivity contribution in [2.45, 2.75) is 12.5 Å². The zero-order valence-corrected chi connectivity index (χ0v) is 10.00. The molecule has 0 spiro atoms. The van der Waals surface area contributed by atoms with Crippen molar-refractivity contribution in [1.82, 2.24) is 10.3 Å². The second-order valence-corrected chi connectivity index (χ2v) is 4.58. The molecule has 16 heavy (non-hydrogen) atoms. The van der Waals surface area contributed by atoms with Gasteiger partial charge in [0, 0.05) is 17.3 Å². The topological polar surface area (TPSA) is 50.9 Å². The Morgan fingerprint density at radius 1 is 1.38 bits per heavy atom. The van der Waals surface area contributed by atoms with Crippen molar-refractivity contribution < 1.29 is 0 Å². The highest BCUT2D eigenvalue weighted by atomic mass is 32.1. The highest BCUT2D eigenvalue weighted by Crippen LogP contribution is 2.20. The van der Waals surface area contributed by atoms with E-state index >= 15 is 0 Å². The average Bonchev–Trinajstić information content (AvgIpc) is 2.82. The number of thiazole rings is 1. The number of likely N-dealkylation sites (N-methyl/N-ethyl adjacent to an activating group) is 1. The number of aromatic nitrogens is 1. The van der Waals surface area contributed by atoms with E-state index in [-0.39, 0.29) is 6.04 Å². The van der Waals surface area contributed by atoms with Crippen molar-refractivity contribution in [3.05, 3.63) is 46.4 Å². The van der Waals surface area contributed by atoms with Crippen LogP contribution in [-0.2, 0) is 6.42 Å². The summed E-state index contributed by atoms with van der Waals surface area (Å²) in [5.41, 5.74) is 7.73. The summed E-state index contributed by atoms with van der Waals surface area (Å²) < 4.78 is 0. The van der Waals surface area contributed by atoms with E-state index in [4.69, 9.17) is 5.73 Å². The molecule has 0 radical (unpaired) electrons. The monoisotopic (exact) mass is 233 g/mol. The lowest BCUT2D eigenvalue weighted by Gasteiger charge is -2.13. The lowest BCUT2D eigenvalue weighted by Crippen LogP contribution is -2.18. The molecule has 1 aromatic carbocycles. The quantitative estimate of drug-likeness (QED) is 0.796. The normalized spacial score (nSPS) is 12.6. The van der Waals surface area contributed by atoms with E-state index in [2.05, 4.69) is 22.4 Å². The molecule has 1 atom stereocenters. The number of hydrogen-bond donors (Lipinski definition) is 2. The smallest absolute Gasteiger partial charge is 0.110 e. The van der Waals surface area contributed by atoms with Crippen molar-refractivity contribution in [3.8, 4) is 0 Å². The van der Waals surface area contributed by atoms with Crippen LogP contribution in [0.5, 0.6) is 0 Å². The first-order valence-corrected chi connectivity index (χ1v) is 6.08. The number of nitrogens with one attached hydrogen (secondary N) is 1. The van der Waals surface area contributed by atoms with E-state index in [0.717, 1.165) is 17.1 Å². The third-order valence-corrected chi connectivity index (χ3v) is 3.41. The van der Waals surface area contributed by atoms with Crippen LogP contribution in [0, 0.1) is 0 Å². The molecule has 1 aromatic heterocycles. The van der Waals surface area contributed by atoms with Gasteiger partial charge >= 0.3 is 0 Å². The molecule has 0 amide bonds. The Hall–Kier alpha value is -1.39. The summed E-state index contributed by atoms with van der Waals surface area (Å²) in [5, 5.41) is 6.41. The zero-order chi connectivity index (χ0) is 11.4. The minimum Gasteiger partial charge on any atom is -0.399 e. The summed E-state index contributed by atoms with van der Waals surface area (Å²) in [4.78, 5) is 4.33. The molecular weight excluding hydrogens is 218 g/mol. The molecule has 4 heteroatoms. The van der Waals surface area contributed by atoms with Crippen LogP contribution in [0.4, 0.5) is 5.69 Å². The van der Waals surface area contributed by atoms with Gasteiger partial charge in [-0.3, -0.25) is 0 Å². The zero-order valence-electron chi connectivity index (χ0n) is 9.18. The van der Waals surface area contributed by atoms with E-state index in [9.17, 15) is 0 Å². The van der Waals surface area contributed by atoms with Gasteiger partial charge < -0.3 is 11.1 Å². The van der Waals surface area contributed by atoms with E-state index in [1.807, 2.05) is 30.8 Å². The van der Waals surface area contributed by atoms with Gasteiger partial charge in [-0.05, 0) is 31.2 Å². The predicted molar refractivity (Wildman–Crippen MR) is 68.5 cm³/mol. The molecule has 1 heterocycles. The van der Waals surface area contributed by atoms with E-state index in [1.54, 1.807) is 11.3 Å². The molecule has 0 unspecified atom stereocenters. The third-order valence-electron chi connectivity index (χ3n) is 2.52. The fourth-order valence-corrected chi connectivity index (χ4v) is 2.36. The summed E-state index contributed by atoms with van der Waals surface area (Å²) in [7, 11) is 1.96. The van der Waals surface area contributed by atoms with Gasteiger partial charge in [-0.15, -0.1) is 11.3 Å². The molecule has 84 valence electrons. The molecule has 0 saturated heterocycles. The number of nitrogens with zero attached hydrogens (tertiary/aromatic N) is 1. The fraction of sp³-hybridized carbons (Fsp3) is 0.250. The number of rotatable bonds is 4. The highest BCUT2D eigenvalue weighted by molar-refractivity contribution is 7.09. The van der Waals surface area contributed by atoms with E-state index < -0.39 is 0 Å². The molecule has 0 aliphatic heterocycles. The summed E-state index contributed by atoms with van der Waals surface area (Å²) >= 11 is 1.68. The number of anilines is 1. The molecule has 0 aliphatic carbocycles. The second-order valence-electron chi connectivity index (χ2n) is 3.66. The molecule has 0 fully saturated rings. The molecule has 0 aliphatic rings. The molecule has 0 bridgehead atoms. The van der Waals surface area contributed by atoms with Crippen LogP contribution in [0.3, 0.4) is 0 Å². The van der Waals surface area contributed by atoms with Crippen LogP contribution in [-0.4, -0.2) is 12.0 Å². The Kier molecular flexibility index (Phi) is 3.54. The van der Waals surface area contributed by atoms with Crippen molar-refractivity contribution in [2.75, 3.05) is 12.8 Å². The Balaban J connectivity index is 2.10. The molecule has 0 saturated carbocycles. The standard InChI is InChI=1S/C12H15N3S/c1-14-11(12-15-6-7-16-12)8-9-2-4-10(13)5-3-9/h2-7,11,14H,8,13H2,1H3/t11-/m0/s1. The summed E-state index contributed by atoms with van der Waals surface area (Å²) in [6.45, 7) is 0. The largest absolute Gasteiger partial charge is 0.399 e. The van der Waals surface area contributed by atoms with Gasteiger partial charge in [0.25, 0.3) is 0 Å². The molecular formula is C12H15N3S. The van der Waals surface area contributed by atoms with Crippen LogP contribution in [0.25, 0.3) is 0 Å². The average molecular weight is 233 g/mol. The van der Waals surface area contributed by atoms with Crippen molar-refractivity contribution in [1.29, 1.82) is 0 Å². The maximum atomic E-state index is 5.66. The van der Waals surface area contributed by atoms with Crippen LogP contribution in [0.15, 0.2) is 35.8 Å². The van der Waals surface area contributed by atoms with Crippen molar-refractivity contribution in [2.24, 2.45) is 0 Å². The van der Waals surface area contributed by atoms with Crippen LogP contribution in [0.2, 0.25) is 0 Å². The molecule has 2 rings (SSSR count). The third kappa shape index (κ3) is 2.59. The number of hydrogen-bond acceptors (Lipinski definition) is 4. The van der Waals surface area contributed by atoms with Gasteiger partial charge in [0.15, 0.2) is 0 Å². The number of benzene rings is 1. The molecule has 3 nitrogen and oxygen atoms in total. The van der Waals surface area contributed by atoms with Crippen LogP contribution >= 0.6 is 11.3 Å². The Morgan fingerprint density at radius 3 is 2.69 bits per heavy atom. The SMILES string of the molecule is CN[C@@H](Cc1ccc(N)cc1)c1nccs1. The lowest BCUT2D eigenvalue weighted by molar-refractivity contribution is 0.588.